The molecule has 1 aromatic carbocycles. The van der Waals surface area contributed by atoms with Gasteiger partial charge in [0.15, 0.2) is 0 Å². The van der Waals surface area contributed by atoms with Gasteiger partial charge in [-0.05, 0) is 37.3 Å². The molecule has 4 amide bonds. The molecule has 1 aliphatic heterocycles. The Hall–Kier alpha value is -2.93. The Kier molecular flexibility index (Phi) is 4.18. The van der Waals surface area contributed by atoms with Gasteiger partial charge < -0.3 is 4.74 Å². The molecular weight excluding hydrogens is 328 g/mol. The fraction of sp³-hybridized carbons (Fsp3) is 0.118. The van der Waals surface area contributed by atoms with Gasteiger partial charge in [-0.3, -0.25) is 14.9 Å². The molecule has 24 heavy (non-hydrogen) atoms. The van der Waals surface area contributed by atoms with Crippen molar-refractivity contribution in [3.8, 4) is 5.75 Å². The van der Waals surface area contributed by atoms with Crippen molar-refractivity contribution in [3.63, 3.8) is 0 Å². The van der Waals surface area contributed by atoms with Crippen molar-refractivity contribution in [3.05, 3.63) is 51.7 Å². The second-order valence-corrected chi connectivity index (χ2v) is 6.43. The molecule has 1 fully saturated rings. The van der Waals surface area contributed by atoms with Crippen LogP contribution in [0.25, 0.3) is 6.08 Å². The van der Waals surface area contributed by atoms with E-state index in [9.17, 15) is 14.4 Å². The lowest BCUT2D eigenvalue weighted by atomic mass is 10.1. The second kappa shape index (κ2) is 6.29. The first-order chi connectivity index (χ1) is 11.5. The highest BCUT2D eigenvalue weighted by atomic mass is 32.1. The summed E-state index contributed by atoms with van der Waals surface area (Å²) in [6.45, 7) is 1.93. The van der Waals surface area contributed by atoms with Crippen LogP contribution in [0.5, 0.6) is 5.75 Å². The maximum absolute atomic E-state index is 12.7. The number of amides is 4. The van der Waals surface area contributed by atoms with Gasteiger partial charge in [0.1, 0.15) is 11.3 Å². The maximum Gasteiger partial charge on any atom is 0.335 e. The minimum atomic E-state index is -0.780. The van der Waals surface area contributed by atoms with Gasteiger partial charge in [-0.2, -0.15) is 0 Å². The zero-order valence-electron chi connectivity index (χ0n) is 13.0. The Morgan fingerprint density at radius 1 is 1.17 bits per heavy atom. The molecule has 0 spiro atoms. The van der Waals surface area contributed by atoms with E-state index in [1.54, 1.807) is 24.3 Å². The van der Waals surface area contributed by atoms with Crippen LogP contribution in [0.15, 0.2) is 42.0 Å². The Labute approximate surface area is 142 Å². The third kappa shape index (κ3) is 2.93. The van der Waals surface area contributed by atoms with Crippen LogP contribution in [0.2, 0.25) is 0 Å². The van der Waals surface area contributed by atoms with Crippen LogP contribution >= 0.6 is 11.3 Å². The molecule has 3 rings (SSSR count). The molecule has 6 nitrogen and oxygen atoms in total. The largest absolute Gasteiger partial charge is 0.497 e. The summed E-state index contributed by atoms with van der Waals surface area (Å²) in [6.07, 6.45) is 1.49. The predicted molar refractivity (Wildman–Crippen MR) is 91.1 cm³/mol. The monoisotopic (exact) mass is 342 g/mol. The quantitative estimate of drug-likeness (QED) is 0.687. The van der Waals surface area contributed by atoms with Crippen molar-refractivity contribution in [2.75, 3.05) is 12.0 Å². The molecule has 1 saturated heterocycles. The maximum atomic E-state index is 12.7. The molecule has 0 bridgehead atoms. The number of anilines is 1. The van der Waals surface area contributed by atoms with Crippen LogP contribution in [-0.2, 0) is 9.59 Å². The summed E-state index contributed by atoms with van der Waals surface area (Å²) in [5, 5.41) is 2.20. The van der Waals surface area contributed by atoms with Crippen LogP contribution in [0.3, 0.4) is 0 Å². The number of methoxy groups -OCH3 is 1. The number of nitrogens with one attached hydrogen (secondary N) is 1. The highest BCUT2D eigenvalue weighted by Gasteiger charge is 2.37. The lowest BCUT2D eigenvalue weighted by Gasteiger charge is -2.26. The van der Waals surface area contributed by atoms with Crippen molar-refractivity contribution in [1.82, 2.24) is 5.32 Å². The number of nitrogens with zero attached hydrogens (tertiary/aromatic N) is 1. The van der Waals surface area contributed by atoms with E-state index in [4.69, 9.17) is 4.74 Å². The van der Waals surface area contributed by atoms with E-state index in [0.29, 0.717) is 11.4 Å². The van der Waals surface area contributed by atoms with Gasteiger partial charge in [0.05, 0.1) is 12.8 Å². The number of urea groups is 1. The Bertz CT molecular complexity index is 869. The van der Waals surface area contributed by atoms with E-state index in [2.05, 4.69) is 5.32 Å². The van der Waals surface area contributed by atoms with E-state index in [1.807, 2.05) is 19.1 Å². The molecule has 0 aliphatic carbocycles. The van der Waals surface area contributed by atoms with Gasteiger partial charge in [0, 0.05) is 15.8 Å². The van der Waals surface area contributed by atoms with Gasteiger partial charge in [-0.25, -0.2) is 9.69 Å². The Balaban J connectivity index is 2.01. The third-order valence-corrected chi connectivity index (χ3v) is 4.41. The molecule has 1 aliphatic rings. The average molecular weight is 342 g/mol. The molecule has 1 aromatic heterocycles. The topological polar surface area (TPSA) is 75.7 Å². The summed E-state index contributed by atoms with van der Waals surface area (Å²) in [5.74, 6) is -0.859. The van der Waals surface area contributed by atoms with Crippen molar-refractivity contribution < 1.29 is 19.1 Å². The predicted octanol–water partition coefficient (Wildman–Crippen LogP) is 2.73. The van der Waals surface area contributed by atoms with Crippen LogP contribution in [0, 0.1) is 6.92 Å². The van der Waals surface area contributed by atoms with Gasteiger partial charge in [-0.1, -0.05) is 6.07 Å². The minimum absolute atomic E-state index is 0.0840. The molecule has 1 N–H and O–H groups in total. The van der Waals surface area contributed by atoms with Gasteiger partial charge in [0.2, 0.25) is 0 Å². The van der Waals surface area contributed by atoms with Gasteiger partial charge in [-0.15, -0.1) is 11.3 Å². The Morgan fingerprint density at radius 2 is 1.96 bits per heavy atom. The highest BCUT2D eigenvalue weighted by Crippen LogP contribution is 2.26. The summed E-state index contributed by atoms with van der Waals surface area (Å²) < 4.78 is 5.11. The summed E-state index contributed by atoms with van der Waals surface area (Å²) >= 11 is 1.46. The lowest BCUT2D eigenvalue weighted by Crippen LogP contribution is -2.54. The normalized spacial score (nSPS) is 16.5. The standard InChI is InChI=1S/C17H14N2O4S/c1-10-6-7-13(24-10)9-14-15(20)18-17(22)19(16(14)21)11-4-3-5-12(8-11)23-2/h3-9H,1-2H3,(H,18,20,22)/b14-9+. The second-order valence-electron chi connectivity index (χ2n) is 5.11. The third-order valence-electron chi connectivity index (χ3n) is 3.46. The molecule has 122 valence electrons. The number of rotatable bonds is 3. The summed E-state index contributed by atoms with van der Waals surface area (Å²) in [6, 6.07) is 9.46. The molecule has 0 radical (unpaired) electrons. The number of benzene rings is 1. The zero-order chi connectivity index (χ0) is 17.3. The smallest absolute Gasteiger partial charge is 0.335 e. The fourth-order valence-corrected chi connectivity index (χ4v) is 3.14. The molecule has 2 aromatic rings. The van der Waals surface area contributed by atoms with Gasteiger partial charge >= 0.3 is 6.03 Å². The van der Waals surface area contributed by atoms with Crippen molar-refractivity contribution >= 4 is 40.9 Å². The van der Waals surface area contributed by atoms with Crippen molar-refractivity contribution in [2.45, 2.75) is 6.92 Å². The highest BCUT2D eigenvalue weighted by molar-refractivity contribution is 7.12. The number of carbonyl (C=O) groups is 3. The molecule has 7 heteroatoms. The summed E-state index contributed by atoms with van der Waals surface area (Å²) in [7, 11) is 1.49. The number of ether oxygens (including phenoxy) is 1. The summed E-state index contributed by atoms with van der Waals surface area (Å²) in [4.78, 5) is 39.6. The molecule has 2 heterocycles. The van der Waals surface area contributed by atoms with Crippen molar-refractivity contribution in [1.29, 1.82) is 0 Å². The number of imide groups is 2. The average Bonchev–Trinajstić information content (AvgIpc) is 2.96. The number of aryl methyl sites for hydroxylation is 1. The number of hydrogen-bond acceptors (Lipinski definition) is 5. The number of carbonyl (C=O) groups excluding carboxylic acids is 3. The molecule has 0 saturated carbocycles. The molecule has 0 atom stereocenters. The van der Waals surface area contributed by atoms with Gasteiger partial charge in [0.25, 0.3) is 11.8 Å². The number of thiophene rings is 1. The first kappa shape index (κ1) is 15.9. The lowest BCUT2D eigenvalue weighted by molar-refractivity contribution is -0.122. The van der Waals surface area contributed by atoms with E-state index in [-0.39, 0.29) is 5.57 Å². The summed E-state index contributed by atoms with van der Waals surface area (Å²) in [5.41, 5.74) is 0.247. The zero-order valence-corrected chi connectivity index (χ0v) is 13.8. The minimum Gasteiger partial charge on any atom is -0.497 e. The van der Waals surface area contributed by atoms with Crippen molar-refractivity contribution in [2.24, 2.45) is 0 Å². The Morgan fingerprint density at radius 3 is 2.62 bits per heavy atom. The number of hydrogen-bond donors (Lipinski definition) is 1. The first-order valence-corrected chi connectivity index (χ1v) is 7.93. The van der Waals surface area contributed by atoms with E-state index < -0.39 is 17.8 Å². The fourth-order valence-electron chi connectivity index (χ4n) is 2.31. The van der Waals surface area contributed by atoms with Crippen LogP contribution < -0.4 is 15.0 Å². The van der Waals surface area contributed by atoms with E-state index in [1.165, 1.54) is 24.5 Å². The SMILES string of the molecule is COc1cccc(N2C(=O)NC(=O)/C(=C\c3ccc(C)s3)C2=O)c1. The molecular formula is C17H14N2O4S. The first-order valence-electron chi connectivity index (χ1n) is 7.11. The van der Waals surface area contributed by atoms with Crippen LogP contribution in [-0.4, -0.2) is 25.0 Å². The number of barbiturate groups is 1. The van der Waals surface area contributed by atoms with E-state index >= 15 is 0 Å². The molecule has 0 unspecified atom stereocenters. The van der Waals surface area contributed by atoms with Crippen LogP contribution in [0.1, 0.15) is 9.75 Å². The van der Waals surface area contributed by atoms with E-state index in [0.717, 1.165) is 14.7 Å². The van der Waals surface area contributed by atoms with Crippen LogP contribution in [0.4, 0.5) is 10.5 Å².